The number of para-hydroxylation sites is 1. The van der Waals surface area contributed by atoms with Gasteiger partial charge in [-0.1, -0.05) is 42.5 Å². The number of rotatable bonds is 9. The second kappa shape index (κ2) is 13.2. The van der Waals surface area contributed by atoms with Crippen molar-refractivity contribution in [2.24, 2.45) is 4.99 Å². The third-order valence-electron chi connectivity index (χ3n) is 4.24. The Labute approximate surface area is 184 Å². The summed E-state index contributed by atoms with van der Waals surface area (Å²) in [7, 11) is 3.25. The minimum absolute atomic E-state index is 0. The highest BCUT2D eigenvalue weighted by Crippen LogP contribution is 2.31. The number of aliphatic hydroxyl groups excluding tert-OH is 1. The maximum Gasteiger partial charge on any atom is 0.191 e. The van der Waals surface area contributed by atoms with Gasteiger partial charge in [-0.15, -0.1) is 24.0 Å². The number of aliphatic hydroxyl groups is 1. The Hall–Kier alpha value is -2.00. The van der Waals surface area contributed by atoms with E-state index in [9.17, 15) is 5.11 Å². The number of nitrogens with zero attached hydrogens (tertiary/aromatic N) is 1. The number of methoxy groups -OCH3 is 2. The van der Waals surface area contributed by atoms with Crippen LogP contribution in [0, 0.1) is 0 Å². The molecule has 28 heavy (non-hydrogen) atoms. The van der Waals surface area contributed by atoms with Crippen LogP contribution in [-0.2, 0) is 6.54 Å². The van der Waals surface area contributed by atoms with Gasteiger partial charge in [-0.05, 0) is 18.6 Å². The predicted molar refractivity (Wildman–Crippen MR) is 124 cm³/mol. The van der Waals surface area contributed by atoms with E-state index in [-0.39, 0.29) is 36.5 Å². The molecule has 0 aliphatic heterocycles. The fourth-order valence-electron chi connectivity index (χ4n) is 2.82. The van der Waals surface area contributed by atoms with Gasteiger partial charge in [-0.2, -0.15) is 0 Å². The van der Waals surface area contributed by atoms with Gasteiger partial charge < -0.3 is 25.2 Å². The number of ether oxygens (including phenoxy) is 2. The first kappa shape index (κ1) is 24.0. The number of aliphatic imine (C=N–C) groups is 1. The summed E-state index contributed by atoms with van der Waals surface area (Å²) >= 11 is 0. The third kappa shape index (κ3) is 6.87. The van der Waals surface area contributed by atoms with E-state index in [1.165, 1.54) is 0 Å². The second-order valence-corrected chi connectivity index (χ2v) is 6.02. The number of hydrogen-bond acceptors (Lipinski definition) is 4. The van der Waals surface area contributed by atoms with Crippen molar-refractivity contribution < 1.29 is 14.6 Å². The van der Waals surface area contributed by atoms with E-state index in [4.69, 9.17) is 9.47 Å². The molecule has 0 saturated heterocycles. The standard InChI is InChI=1S/C21H29N3O3.HI/c1-4-22-21(24-14-18(15-25)16-9-6-5-7-10-16)23-13-17-11-8-12-19(26-2)20(17)27-3;/h5-12,18,25H,4,13-15H2,1-3H3,(H2,22,23,24);1H. The molecule has 2 aromatic carbocycles. The monoisotopic (exact) mass is 499 g/mol. The van der Waals surface area contributed by atoms with Crippen LogP contribution in [0.4, 0.5) is 0 Å². The number of benzene rings is 2. The van der Waals surface area contributed by atoms with Crippen molar-refractivity contribution in [2.45, 2.75) is 19.4 Å². The van der Waals surface area contributed by atoms with Crippen molar-refractivity contribution in [1.29, 1.82) is 0 Å². The summed E-state index contributed by atoms with van der Waals surface area (Å²) in [5.41, 5.74) is 2.04. The average Bonchev–Trinajstić information content (AvgIpc) is 2.72. The summed E-state index contributed by atoms with van der Waals surface area (Å²) in [5, 5.41) is 16.3. The molecule has 0 heterocycles. The molecule has 154 valence electrons. The highest BCUT2D eigenvalue weighted by molar-refractivity contribution is 14.0. The maximum absolute atomic E-state index is 9.73. The zero-order valence-corrected chi connectivity index (χ0v) is 19.0. The summed E-state index contributed by atoms with van der Waals surface area (Å²) in [6.45, 7) is 3.87. The van der Waals surface area contributed by atoms with E-state index < -0.39 is 0 Å². The largest absolute Gasteiger partial charge is 0.493 e. The Kier molecular flexibility index (Phi) is 11.4. The van der Waals surface area contributed by atoms with Crippen LogP contribution in [0.5, 0.6) is 11.5 Å². The van der Waals surface area contributed by atoms with E-state index in [0.29, 0.717) is 30.5 Å². The molecule has 3 N–H and O–H groups in total. The van der Waals surface area contributed by atoms with E-state index >= 15 is 0 Å². The van der Waals surface area contributed by atoms with Crippen LogP contribution in [0.1, 0.15) is 24.0 Å². The summed E-state index contributed by atoms with van der Waals surface area (Å²) in [6.07, 6.45) is 0. The Bertz CT molecular complexity index is 726. The van der Waals surface area contributed by atoms with E-state index in [2.05, 4.69) is 15.6 Å². The lowest BCUT2D eigenvalue weighted by Gasteiger charge is -2.18. The molecule has 7 heteroatoms. The number of guanidine groups is 1. The zero-order chi connectivity index (χ0) is 19.5. The van der Waals surface area contributed by atoms with Gasteiger partial charge in [0.05, 0.1) is 27.4 Å². The minimum Gasteiger partial charge on any atom is -0.493 e. The molecular weight excluding hydrogens is 469 g/mol. The predicted octanol–water partition coefficient (Wildman–Crippen LogP) is 3.15. The molecule has 0 aliphatic rings. The van der Waals surface area contributed by atoms with Gasteiger partial charge in [0.15, 0.2) is 17.5 Å². The van der Waals surface area contributed by atoms with E-state index in [0.717, 1.165) is 17.7 Å². The molecule has 0 fully saturated rings. The van der Waals surface area contributed by atoms with Gasteiger partial charge in [0.25, 0.3) is 0 Å². The number of nitrogens with one attached hydrogen (secondary N) is 2. The van der Waals surface area contributed by atoms with Crippen LogP contribution in [0.15, 0.2) is 53.5 Å². The first-order valence-corrected chi connectivity index (χ1v) is 9.11. The lowest BCUT2D eigenvalue weighted by Crippen LogP contribution is -2.39. The molecule has 2 rings (SSSR count). The average molecular weight is 499 g/mol. The van der Waals surface area contributed by atoms with Gasteiger partial charge in [0.2, 0.25) is 0 Å². The van der Waals surface area contributed by atoms with Crippen molar-refractivity contribution >= 4 is 29.9 Å². The van der Waals surface area contributed by atoms with Crippen LogP contribution < -0.4 is 20.1 Å². The lowest BCUT2D eigenvalue weighted by atomic mass is 10.0. The van der Waals surface area contributed by atoms with Crippen molar-refractivity contribution in [1.82, 2.24) is 10.6 Å². The molecule has 6 nitrogen and oxygen atoms in total. The fourth-order valence-corrected chi connectivity index (χ4v) is 2.82. The minimum atomic E-state index is 0. The molecule has 1 atom stereocenters. The third-order valence-corrected chi connectivity index (χ3v) is 4.24. The highest BCUT2D eigenvalue weighted by atomic mass is 127. The Morgan fingerprint density at radius 3 is 2.39 bits per heavy atom. The van der Waals surface area contributed by atoms with Crippen molar-refractivity contribution in [3.63, 3.8) is 0 Å². The molecule has 0 radical (unpaired) electrons. The number of hydrogen-bond donors (Lipinski definition) is 3. The van der Waals surface area contributed by atoms with Gasteiger partial charge >= 0.3 is 0 Å². The maximum atomic E-state index is 9.73. The highest BCUT2D eigenvalue weighted by Gasteiger charge is 2.12. The molecule has 0 saturated carbocycles. The summed E-state index contributed by atoms with van der Waals surface area (Å²) in [4.78, 5) is 4.64. The fraction of sp³-hybridized carbons (Fsp3) is 0.381. The lowest BCUT2D eigenvalue weighted by molar-refractivity contribution is 0.265. The molecule has 0 spiro atoms. The smallest absolute Gasteiger partial charge is 0.191 e. The SMILES string of the molecule is CCNC(=NCc1cccc(OC)c1OC)NCC(CO)c1ccccc1.I. The second-order valence-electron chi connectivity index (χ2n) is 6.02. The Morgan fingerprint density at radius 2 is 1.79 bits per heavy atom. The molecule has 2 aromatic rings. The van der Waals surface area contributed by atoms with Crippen LogP contribution in [0.3, 0.4) is 0 Å². The van der Waals surface area contributed by atoms with Gasteiger partial charge in [-0.3, -0.25) is 0 Å². The van der Waals surface area contributed by atoms with Crippen molar-refractivity contribution in [2.75, 3.05) is 33.9 Å². The number of halogens is 1. The van der Waals surface area contributed by atoms with Crippen LogP contribution in [0.25, 0.3) is 0 Å². The molecule has 0 amide bonds. The summed E-state index contributed by atoms with van der Waals surface area (Å²) in [5.74, 6) is 2.07. The molecular formula is C21H30IN3O3. The van der Waals surface area contributed by atoms with Crippen molar-refractivity contribution in [3.8, 4) is 11.5 Å². The van der Waals surface area contributed by atoms with E-state index in [1.807, 2.05) is 55.5 Å². The molecule has 1 unspecified atom stereocenters. The molecule has 0 aromatic heterocycles. The first-order valence-electron chi connectivity index (χ1n) is 9.11. The van der Waals surface area contributed by atoms with E-state index in [1.54, 1.807) is 14.2 Å². The van der Waals surface area contributed by atoms with Gasteiger partial charge in [0.1, 0.15) is 0 Å². The van der Waals surface area contributed by atoms with Crippen molar-refractivity contribution in [3.05, 3.63) is 59.7 Å². The summed E-state index contributed by atoms with van der Waals surface area (Å²) < 4.78 is 10.8. The van der Waals surface area contributed by atoms with Gasteiger partial charge in [-0.25, -0.2) is 4.99 Å². The first-order chi connectivity index (χ1) is 13.2. The summed E-state index contributed by atoms with van der Waals surface area (Å²) in [6, 6.07) is 15.7. The van der Waals surface area contributed by atoms with Crippen LogP contribution >= 0.6 is 24.0 Å². The normalized spacial score (nSPS) is 11.9. The zero-order valence-electron chi connectivity index (χ0n) is 16.6. The quantitative estimate of drug-likeness (QED) is 0.281. The Balaban J connectivity index is 0.00000392. The molecule has 0 bridgehead atoms. The van der Waals surface area contributed by atoms with Gasteiger partial charge in [0, 0.05) is 24.6 Å². The molecule has 0 aliphatic carbocycles. The van der Waals surface area contributed by atoms with Crippen LogP contribution in [-0.4, -0.2) is 45.0 Å². The Morgan fingerprint density at radius 1 is 1.04 bits per heavy atom. The topological polar surface area (TPSA) is 75.1 Å². The van der Waals surface area contributed by atoms with Crippen LogP contribution in [0.2, 0.25) is 0 Å².